The molecule has 0 fully saturated rings. The first kappa shape index (κ1) is 14.5. The van der Waals surface area contributed by atoms with E-state index in [2.05, 4.69) is 0 Å². The minimum absolute atomic E-state index is 0.136. The van der Waals surface area contributed by atoms with E-state index < -0.39 is 34.8 Å². The molecule has 0 saturated heterocycles. The van der Waals surface area contributed by atoms with Gasteiger partial charge in [0.15, 0.2) is 5.78 Å². The third kappa shape index (κ3) is 2.65. The average molecular weight is 270 g/mol. The van der Waals surface area contributed by atoms with Gasteiger partial charge in [0.2, 0.25) is 0 Å². The van der Waals surface area contributed by atoms with Gasteiger partial charge in [-0.05, 0) is 25.5 Å². The number of hydrogen-bond donors (Lipinski definition) is 0. The van der Waals surface area contributed by atoms with E-state index in [-0.39, 0.29) is 5.56 Å². The van der Waals surface area contributed by atoms with Crippen molar-refractivity contribution in [1.29, 1.82) is 0 Å². The fourth-order valence-electron chi connectivity index (χ4n) is 1.69. The summed E-state index contributed by atoms with van der Waals surface area (Å²) in [5.41, 5.74) is -4.83. The molecule has 0 N–H and O–H groups in total. The molecule has 0 unspecified atom stereocenters. The standard InChI is InChI=1S/C11H8F6O/c1-5-3-4-7(10(12,13)14)9(11(15,16)17)8(5)6(2)18/h3-4H,1-2H3. The topological polar surface area (TPSA) is 17.1 Å². The number of benzene rings is 1. The molecule has 0 aliphatic rings. The van der Waals surface area contributed by atoms with E-state index >= 15 is 0 Å². The van der Waals surface area contributed by atoms with Crippen molar-refractivity contribution in [3.63, 3.8) is 0 Å². The molecule has 0 aliphatic carbocycles. The van der Waals surface area contributed by atoms with E-state index in [1.54, 1.807) is 0 Å². The number of carbonyl (C=O) groups is 1. The summed E-state index contributed by atoms with van der Waals surface area (Å²) in [7, 11) is 0. The summed E-state index contributed by atoms with van der Waals surface area (Å²) in [6, 6.07) is 1.19. The van der Waals surface area contributed by atoms with Crippen molar-refractivity contribution in [2.24, 2.45) is 0 Å². The predicted molar refractivity (Wildman–Crippen MR) is 51.2 cm³/mol. The van der Waals surface area contributed by atoms with Crippen LogP contribution in [0.3, 0.4) is 0 Å². The van der Waals surface area contributed by atoms with Gasteiger partial charge in [0.1, 0.15) is 0 Å². The van der Waals surface area contributed by atoms with Crippen molar-refractivity contribution in [2.75, 3.05) is 0 Å². The van der Waals surface area contributed by atoms with Gasteiger partial charge >= 0.3 is 12.4 Å². The molecule has 1 aromatic carbocycles. The van der Waals surface area contributed by atoms with Gasteiger partial charge < -0.3 is 0 Å². The van der Waals surface area contributed by atoms with Gasteiger partial charge in [-0.25, -0.2) is 0 Å². The summed E-state index contributed by atoms with van der Waals surface area (Å²) < 4.78 is 75.8. The van der Waals surface area contributed by atoms with Crippen LogP contribution in [-0.2, 0) is 12.4 Å². The zero-order valence-corrected chi connectivity index (χ0v) is 9.33. The molecule has 0 atom stereocenters. The van der Waals surface area contributed by atoms with Gasteiger partial charge in [0, 0.05) is 5.56 Å². The molecule has 0 bridgehead atoms. The Morgan fingerprint density at radius 2 is 1.50 bits per heavy atom. The second-order valence-corrected chi connectivity index (χ2v) is 3.73. The van der Waals surface area contributed by atoms with Gasteiger partial charge in [-0.1, -0.05) is 6.07 Å². The lowest BCUT2D eigenvalue weighted by atomic mass is 9.93. The Labute approximate surface area is 98.4 Å². The van der Waals surface area contributed by atoms with Crippen molar-refractivity contribution in [1.82, 2.24) is 0 Å². The molecule has 1 aromatic rings. The monoisotopic (exact) mass is 270 g/mol. The summed E-state index contributed by atoms with van der Waals surface area (Å²) in [5, 5.41) is 0. The van der Waals surface area contributed by atoms with Gasteiger partial charge in [-0.2, -0.15) is 26.3 Å². The first-order chi connectivity index (χ1) is 7.96. The number of rotatable bonds is 1. The average Bonchev–Trinajstić information content (AvgIpc) is 2.12. The first-order valence-corrected chi connectivity index (χ1v) is 4.75. The highest BCUT2D eigenvalue weighted by Crippen LogP contribution is 2.42. The molecule has 0 radical (unpaired) electrons. The number of halogens is 6. The zero-order valence-electron chi connectivity index (χ0n) is 9.33. The van der Waals surface area contributed by atoms with Crippen molar-refractivity contribution >= 4 is 5.78 Å². The van der Waals surface area contributed by atoms with Gasteiger partial charge in [-0.3, -0.25) is 4.79 Å². The smallest absolute Gasteiger partial charge is 0.294 e. The number of hydrogen-bond acceptors (Lipinski definition) is 1. The molecule has 0 amide bonds. The van der Waals surface area contributed by atoms with E-state index in [0.717, 1.165) is 19.9 Å². The molecular weight excluding hydrogens is 262 g/mol. The lowest BCUT2D eigenvalue weighted by molar-refractivity contribution is -0.162. The third-order valence-electron chi connectivity index (χ3n) is 2.35. The lowest BCUT2D eigenvalue weighted by Crippen LogP contribution is -2.21. The number of carbonyl (C=O) groups excluding carboxylic acids is 1. The van der Waals surface area contributed by atoms with Crippen molar-refractivity contribution in [3.05, 3.63) is 34.4 Å². The highest BCUT2D eigenvalue weighted by molar-refractivity contribution is 5.97. The Balaban J connectivity index is 3.78. The first-order valence-electron chi connectivity index (χ1n) is 4.75. The van der Waals surface area contributed by atoms with Crippen LogP contribution in [0.5, 0.6) is 0 Å². The largest absolute Gasteiger partial charge is 0.417 e. The third-order valence-corrected chi connectivity index (χ3v) is 2.35. The molecule has 0 aromatic heterocycles. The van der Waals surface area contributed by atoms with Crippen LogP contribution in [0.25, 0.3) is 0 Å². The second kappa shape index (κ2) is 4.29. The molecular formula is C11H8F6O. The van der Waals surface area contributed by atoms with Crippen LogP contribution in [0.1, 0.15) is 34.0 Å². The maximum Gasteiger partial charge on any atom is 0.417 e. The summed E-state index contributed by atoms with van der Waals surface area (Å²) in [6.45, 7) is 1.96. The van der Waals surface area contributed by atoms with Gasteiger partial charge in [0.05, 0.1) is 11.1 Å². The summed E-state index contributed by atoms with van der Waals surface area (Å²) >= 11 is 0. The fraction of sp³-hybridized carbons (Fsp3) is 0.364. The minimum Gasteiger partial charge on any atom is -0.294 e. The van der Waals surface area contributed by atoms with E-state index in [1.165, 1.54) is 0 Å². The van der Waals surface area contributed by atoms with Crippen LogP contribution in [0.15, 0.2) is 12.1 Å². The molecule has 0 heterocycles. The van der Waals surface area contributed by atoms with E-state index in [9.17, 15) is 31.1 Å². The Morgan fingerprint density at radius 3 is 1.83 bits per heavy atom. The SMILES string of the molecule is CC(=O)c1c(C)ccc(C(F)(F)F)c1C(F)(F)F. The van der Waals surface area contributed by atoms with Crippen LogP contribution < -0.4 is 0 Å². The van der Waals surface area contributed by atoms with Crippen molar-refractivity contribution in [3.8, 4) is 0 Å². The Hall–Kier alpha value is -1.53. The summed E-state index contributed by atoms with van der Waals surface area (Å²) in [4.78, 5) is 11.1. The van der Waals surface area contributed by atoms with Crippen LogP contribution in [0, 0.1) is 6.92 Å². The summed E-state index contributed by atoms with van der Waals surface area (Å²) in [5.74, 6) is -1.05. The van der Waals surface area contributed by atoms with Crippen LogP contribution in [0.2, 0.25) is 0 Å². The number of alkyl halides is 6. The van der Waals surface area contributed by atoms with Crippen LogP contribution >= 0.6 is 0 Å². The highest BCUT2D eigenvalue weighted by atomic mass is 19.4. The molecule has 0 saturated carbocycles. The molecule has 100 valence electrons. The minimum atomic E-state index is -5.24. The number of aryl methyl sites for hydroxylation is 1. The maximum absolute atomic E-state index is 12.7. The predicted octanol–water partition coefficient (Wildman–Crippen LogP) is 4.24. The van der Waals surface area contributed by atoms with E-state index in [1.807, 2.05) is 0 Å². The quantitative estimate of drug-likeness (QED) is 0.551. The van der Waals surface area contributed by atoms with Gasteiger partial charge in [-0.15, -0.1) is 0 Å². The Morgan fingerprint density at radius 1 is 1.00 bits per heavy atom. The zero-order chi connectivity index (χ0) is 14.3. The molecule has 7 heteroatoms. The Kier molecular flexibility index (Phi) is 3.47. The summed E-state index contributed by atoms with van der Waals surface area (Å²) in [6.07, 6.45) is -10.4. The number of ketones is 1. The van der Waals surface area contributed by atoms with Crippen molar-refractivity contribution in [2.45, 2.75) is 26.2 Å². The number of Topliss-reactive ketones (excluding diaryl/α,β-unsaturated/α-hetero) is 1. The molecule has 1 nitrogen and oxygen atoms in total. The lowest BCUT2D eigenvalue weighted by Gasteiger charge is -2.19. The molecule has 18 heavy (non-hydrogen) atoms. The van der Waals surface area contributed by atoms with Gasteiger partial charge in [0.25, 0.3) is 0 Å². The highest BCUT2D eigenvalue weighted by Gasteiger charge is 2.45. The second-order valence-electron chi connectivity index (χ2n) is 3.73. The molecule has 0 aliphatic heterocycles. The fourth-order valence-corrected chi connectivity index (χ4v) is 1.69. The van der Waals surface area contributed by atoms with Crippen LogP contribution in [-0.4, -0.2) is 5.78 Å². The molecule has 0 spiro atoms. The molecule has 1 rings (SSSR count). The Bertz CT molecular complexity index is 484. The van der Waals surface area contributed by atoms with Crippen molar-refractivity contribution < 1.29 is 31.1 Å². The normalized spacial score (nSPS) is 12.7. The van der Waals surface area contributed by atoms with Crippen LogP contribution in [0.4, 0.5) is 26.3 Å². The maximum atomic E-state index is 12.7. The van der Waals surface area contributed by atoms with E-state index in [4.69, 9.17) is 0 Å². The van der Waals surface area contributed by atoms with E-state index in [0.29, 0.717) is 6.07 Å².